The number of aromatic carboxylic acids is 1. The van der Waals surface area contributed by atoms with Crippen LogP contribution in [0.3, 0.4) is 0 Å². The van der Waals surface area contributed by atoms with Crippen LogP contribution in [0.25, 0.3) is 0 Å². The van der Waals surface area contributed by atoms with Gasteiger partial charge in [-0.2, -0.15) is 5.10 Å². The summed E-state index contributed by atoms with van der Waals surface area (Å²) in [6.45, 7) is 4.51. The van der Waals surface area contributed by atoms with E-state index >= 15 is 0 Å². The van der Waals surface area contributed by atoms with Crippen LogP contribution >= 0.6 is 0 Å². The lowest BCUT2D eigenvalue weighted by Gasteiger charge is -2.34. The molecule has 0 saturated carbocycles. The van der Waals surface area contributed by atoms with E-state index < -0.39 is 5.97 Å². The van der Waals surface area contributed by atoms with E-state index in [2.05, 4.69) is 20.0 Å². The Morgan fingerprint density at radius 2 is 2.43 bits per heavy atom. The normalized spacial score (nSPS) is 20.0. The van der Waals surface area contributed by atoms with Crippen LogP contribution in [-0.4, -0.2) is 76.0 Å². The molecule has 7 nitrogen and oxygen atoms in total. The first-order chi connectivity index (χ1) is 10.1. The Kier molecular flexibility index (Phi) is 5.72. The van der Waals surface area contributed by atoms with Crippen LogP contribution < -0.4 is 0 Å². The fourth-order valence-electron chi connectivity index (χ4n) is 3.06. The van der Waals surface area contributed by atoms with Gasteiger partial charge >= 0.3 is 5.97 Å². The summed E-state index contributed by atoms with van der Waals surface area (Å²) >= 11 is 0. The van der Waals surface area contributed by atoms with E-state index in [1.54, 1.807) is 6.20 Å². The fourth-order valence-corrected chi connectivity index (χ4v) is 3.06. The summed E-state index contributed by atoms with van der Waals surface area (Å²) < 4.78 is 0. The number of rotatable bonds is 7. The monoisotopic (exact) mass is 296 g/mol. The zero-order valence-corrected chi connectivity index (χ0v) is 12.5. The van der Waals surface area contributed by atoms with E-state index in [4.69, 9.17) is 10.2 Å². The van der Waals surface area contributed by atoms with Gasteiger partial charge in [-0.05, 0) is 32.4 Å². The molecule has 2 rings (SSSR count). The third-order valence-electron chi connectivity index (χ3n) is 3.96. The Morgan fingerprint density at radius 3 is 3.14 bits per heavy atom. The van der Waals surface area contributed by atoms with Crippen LogP contribution in [0.4, 0.5) is 0 Å². The summed E-state index contributed by atoms with van der Waals surface area (Å²) in [5.41, 5.74) is 0.889. The van der Waals surface area contributed by atoms with Crippen molar-refractivity contribution in [3.63, 3.8) is 0 Å². The quantitative estimate of drug-likeness (QED) is 0.668. The molecule has 1 saturated heterocycles. The number of piperidine rings is 1. The summed E-state index contributed by atoms with van der Waals surface area (Å²) in [7, 11) is 2.00. The third-order valence-corrected chi connectivity index (χ3v) is 3.96. The highest BCUT2D eigenvalue weighted by Crippen LogP contribution is 2.18. The number of H-pyrrole nitrogens is 1. The molecular formula is C14H24N4O3. The van der Waals surface area contributed by atoms with Gasteiger partial charge in [0.05, 0.1) is 12.8 Å². The average Bonchev–Trinajstić information content (AvgIpc) is 2.87. The lowest BCUT2D eigenvalue weighted by molar-refractivity contribution is 0.0688. The molecule has 1 fully saturated rings. The van der Waals surface area contributed by atoms with Crippen molar-refractivity contribution >= 4 is 5.97 Å². The zero-order chi connectivity index (χ0) is 15.2. The third kappa shape index (κ3) is 4.52. The molecule has 21 heavy (non-hydrogen) atoms. The SMILES string of the molecule is CN(Cc1cn[nH]c1C(=O)O)CC1CCCN(CCO)C1. The van der Waals surface area contributed by atoms with Crippen molar-refractivity contribution in [3.05, 3.63) is 17.5 Å². The lowest BCUT2D eigenvalue weighted by atomic mass is 9.97. The summed E-state index contributed by atoms with van der Waals surface area (Å²) in [5.74, 6) is -0.404. The first-order valence-electron chi connectivity index (χ1n) is 7.37. The first-order valence-corrected chi connectivity index (χ1v) is 7.37. The minimum absolute atomic E-state index is 0.174. The molecule has 1 aliphatic rings. The molecule has 0 aliphatic carbocycles. The van der Waals surface area contributed by atoms with Crippen LogP contribution in [0.1, 0.15) is 28.9 Å². The Labute approximate surface area is 124 Å². The second-order valence-electron chi connectivity index (χ2n) is 5.80. The largest absolute Gasteiger partial charge is 0.477 e. The number of nitrogens with one attached hydrogen (secondary N) is 1. The average molecular weight is 296 g/mol. The van der Waals surface area contributed by atoms with Crippen LogP contribution in [0.5, 0.6) is 0 Å². The number of hydrogen-bond donors (Lipinski definition) is 3. The smallest absolute Gasteiger partial charge is 0.354 e. The summed E-state index contributed by atoms with van der Waals surface area (Å²) in [6, 6.07) is 0. The summed E-state index contributed by atoms with van der Waals surface area (Å²) in [5, 5.41) is 24.4. The van der Waals surface area contributed by atoms with Gasteiger partial charge in [-0.25, -0.2) is 4.79 Å². The van der Waals surface area contributed by atoms with Gasteiger partial charge in [0.25, 0.3) is 0 Å². The molecular weight excluding hydrogens is 272 g/mol. The van der Waals surface area contributed by atoms with Gasteiger partial charge in [0.15, 0.2) is 0 Å². The number of hydrogen-bond acceptors (Lipinski definition) is 5. The molecule has 1 aromatic rings. The van der Waals surface area contributed by atoms with Crippen molar-refractivity contribution in [3.8, 4) is 0 Å². The topological polar surface area (TPSA) is 92.7 Å². The number of nitrogens with zero attached hydrogens (tertiary/aromatic N) is 3. The van der Waals surface area contributed by atoms with E-state index in [0.717, 1.165) is 32.6 Å². The Balaban J connectivity index is 1.85. The van der Waals surface area contributed by atoms with Crippen molar-refractivity contribution in [2.75, 3.05) is 39.8 Å². The van der Waals surface area contributed by atoms with Gasteiger partial charge in [-0.1, -0.05) is 0 Å². The Morgan fingerprint density at radius 1 is 1.62 bits per heavy atom. The second-order valence-corrected chi connectivity index (χ2v) is 5.80. The van der Waals surface area contributed by atoms with Crippen molar-refractivity contribution < 1.29 is 15.0 Å². The molecule has 1 atom stereocenters. The molecule has 7 heteroatoms. The highest BCUT2D eigenvalue weighted by atomic mass is 16.4. The molecule has 0 aromatic carbocycles. The predicted octanol–water partition coefficient (Wildman–Crippen LogP) is 0.244. The number of aromatic amines is 1. The standard InChI is InChI=1S/C14H24N4O3/c1-17(10-12-7-15-16-13(12)14(20)21)8-11-3-2-4-18(9-11)5-6-19/h7,11,19H,2-6,8-10H2,1H3,(H,15,16)(H,20,21). The highest BCUT2D eigenvalue weighted by molar-refractivity contribution is 5.86. The molecule has 2 heterocycles. The molecule has 1 aliphatic heterocycles. The molecule has 118 valence electrons. The van der Waals surface area contributed by atoms with E-state index in [-0.39, 0.29) is 12.3 Å². The van der Waals surface area contributed by atoms with Gasteiger partial charge in [-0.3, -0.25) is 5.10 Å². The molecule has 3 N–H and O–H groups in total. The van der Waals surface area contributed by atoms with Crippen LogP contribution in [0.2, 0.25) is 0 Å². The van der Waals surface area contributed by atoms with E-state index in [9.17, 15) is 4.79 Å². The van der Waals surface area contributed by atoms with Crippen molar-refractivity contribution in [2.45, 2.75) is 19.4 Å². The van der Waals surface area contributed by atoms with Gasteiger partial charge < -0.3 is 20.0 Å². The number of likely N-dealkylation sites (tertiary alicyclic amines) is 1. The minimum Gasteiger partial charge on any atom is -0.477 e. The molecule has 1 unspecified atom stereocenters. The van der Waals surface area contributed by atoms with Gasteiger partial charge in [0, 0.05) is 31.7 Å². The maximum atomic E-state index is 11.0. The van der Waals surface area contributed by atoms with E-state index in [0.29, 0.717) is 18.0 Å². The molecule has 0 spiro atoms. The highest BCUT2D eigenvalue weighted by Gasteiger charge is 2.21. The minimum atomic E-state index is -0.970. The number of β-amino-alcohol motifs (C(OH)–C–C–N with tert-alkyl or cyclic N) is 1. The number of aromatic nitrogens is 2. The summed E-state index contributed by atoms with van der Waals surface area (Å²) in [6.07, 6.45) is 3.92. The molecule has 0 amide bonds. The number of carboxylic acid groups (broad SMARTS) is 1. The van der Waals surface area contributed by atoms with Crippen LogP contribution in [-0.2, 0) is 6.54 Å². The number of aliphatic hydroxyl groups excluding tert-OH is 1. The number of carbonyl (C=O) groups is 1. The maximum Gasteiger partial charge on any atom is 0.354 e. The second kappa shape index (κ2) is 7.53. The van der Waals surface area contributed by atoms with Crippen LogP contribution in [0.15, 0.2) is 6.20 Å². The maximum absolute atomic E-state index is 11.0. The van der Waals surface area contributed by atoms with E-state index in [1.807, 2.05) is 7.05 Å². The molecule has 1 aromatic heterocycles. The Hall–Kier alpha value is -1.44. The van der Waals surface area contributed by atoms with Crippen molar-refractivity contribution in [2.24, 2.45) is 5.92 Å². The molecule has 0 bridgehead atoms. The van der Waals surface area contributed by atoms with Gasteiger partial charge in [0.2, 0.25) is 0 Å². The first kappa shape index (κ1) is 15.9. The summed E-state index contributed by atoms with van der Waals surface area (Å²) in [4.78, 5) is 15.5. The Bertz CT molecular complexity index is 461. The van der Waals surface area contributed by atoms with E-state index in [1.165, 1.54) is 6.42 Å². The van der Waals surface area contributed by atoms with Crippen molar-refractivity contribution in [1.29, 1.82) is 0 Å². The van der Waals surface area contributed by atoms with Gasteiger partial charge in [0.1, 0.15) is 5.69 Å². The lowest BCUT2D eigenvalue weighted by Crippen LogP contribution is -2.41. The van der Waals surface area contributed by atoms with Crippen LogP contribution in [0, 0.1) is 5.92 Å². The van der Waals surface area contributed by atoms with Gasteiger partial charge in [-0.15, -0.1) is 0 Å². The predicted molar refractivity (Wildman–Crippen MR) is 78.1 cm³/mol. The number of carboxylic acids is 1. The van der Waals surface area contributed by atoms with Crippen molar-refractivity contribution in [1.82, 2.24) is 20.0 Å². The fraction of sp³-hybridized carbons (Fsp3) is 0.714. The zero-order valence-electron chi connectivity index (χ0n) is 12.5. The molecule has 0 radical (unpaired) electrons. The number of aliphatic hydroxyl groups is 1.